The molecule has 0 bridgehead atoms. The zero-order chi connectivity index (χ0) is 21.5. The third-order valence-electron chi connectivity index (χ3n) is 5.00. The molecule has 2 heterocycles. The van der Waals surface area contributed by atoms with Gasteiger partial charge in [0, 0.05) is 28.3 Å². The first-order valence-electron chi connectivity index (χ1n) is 9.32. The van der Waals surface area contributed by atoms with Crippen LogP contribution in [0, 0.1) is 10.1 Å². The molecular weight excluding hydrogens is 398 g/mol. The van der Waals surface area contributed by atoms with Gasteiger partial charge in [0.1, 0.15) is 11.1 Å². The highest BCUT2D eigenvalue weighted by Gasteiger charge is 2.18. The van der Waals surface area contributed by atoms with Crippen molar-refractivity contribution in [2.45, 2.75) is 0 Å². The second-order valence-corrected chi connectivity index (χ2v) is 6.90. The summed E-state index contributed by atoms with van der Waals surface area (Å²) < 4.78 is 5.21. The van der Waals surface area contributed by atoms with Gasteiger partial charge in [0.15, 0.2) is 0 Å². The molecule has 0 radical (unpaired) electrons. The molecule has 2 aromatic heterocycles. The fourth-order valence-corrected chi connectivity index (χ4v) is 3.54. The highest BCUT2D eigenvalue weighted by atomic mass is 16.6. The van der Waals surface area contributed by atoms with Gasteiger partial charge in [-0.25, -0.2) is 9.78 Å². The third-order valence-corrected chi connectivity index (χ3v) is 5.00. The molecule has 31 heavy (non-hydrogen) atoms. The topological polar surface area (TPSA) is 115 Å². The second kappa shape index (κ2) is 7.03. The molecule has 0 saturated carbocycles. The van der Waals surface area contributed by atoms with E-state index in [0.29, 0.717) is 16.7 Å². The smallest absolute Gasteiger partial charge is 0.349 e. The molecule has 0 aliphatic heterocycles. The van der Waals surface area contributed by atoms with Gasteiger partial charge in [0.05, 0.1) is 21.6 Å². The molecule has 0 atom stereocenters. The summed E-state index contributed by atoms with van der Waals surface area (Å²) in [6.07, 6.45) is 0. The lowest BCUT2D eigenvalue weighted by molar-refractivity contribution is -0.384. The number of amides is 1. The van der Waals surface area contributed by atoms with Crippen LogP contribution >= 0.6 is 0 Å². The number of nitro groups is 1. The minimum absolute atomic E-state index is 0.159. The maximum atomic E-state index is 13.1. The zero-order valence-electron chi connectivity index (χ0n) is 15.9. The largest absolute Gasteiger partial charge is 0.422 e. The van der Waals surface area contributed by atoms with E-state index >= 15 is 0 Å². The summed E-state index contributed by atoms with van der Waals surface area (Å²) in [5.41, 5.74) is 0.811. The molecule has 0 unspecified atom stereocenters. The first kappa shape index (κ1) is 18.4. The molecule has 8 heteroatoms. The van der Waals surface area contributed by atoms with Crippen LogP contribution in [0.4, 0.5) is 11.4 Å². The van der Waals surface area contributed by atoms with Crippen molar-refractivity contribution in [3.05, 3.63) is 98.9 Å². The highest BCUT2D eigenvalue weighted by molar-refractivity contribution is 6.16. The normalized spacial score (nSPS) is 11.1. The van der Waals surface area contributed by atoms with Crippen molar-refractivity contribution in [1.29, 1.82) is 0 Å². The first-order chi connectivity index (χ1) is 15.0. The van der Waals surface area contributed by atoms with Crippen molar-refractivity contribution < 1.29 is 14.1 Å². The Hall–Kier alpha value is -4.59. The van der Waals surface area contributed by atoms with Crippen LogP contribution in [0.2, 0.25) is 0 Å². The van der Waals surface area contributed by atoms with E-state index in [1.54, 1.807) is 0 Å². The maximum absolute atomic E-state index is 13.1. The van der Waals surface area contributed by atoms with E-state index in [4.69, 9.17) is 4.42 Å². The number of carbonyl (C=O) groups excluding carboxylic acids is 1. The van der Waals surface area contributed by atoms with Crippen LogP contribution in [0.1, 0.15) is 10.4 Å². The Morgan fingerprint density at radius 2 is 1.58 bits per heavy atom. The number of nitrogens with zero attached hydrogens (tertiary/aromatic N) is 2. The molecular formula is C23H13N3O5. The number of rotatable bonds is 3. The average Bonchev–Trinajstić information content (AvgIpc) is 2.78. The van der Waals surface area contributed by atoms with E-state index in [0.717, 1.165) is 10.8 Å². The van der Waals surface area contributed by atoms with E-state index in [1.807, 2.05) is 48.5 Å². The molecule has 150 valence electrons. The molecule has 0 spiro atoms. The lowest BCUT2D eigenvalue weighted by Gasteiger charge is -2.12. The average molecular weight is 411 g/mol. The Balaban J connectivity index is 1.65. The minimum atomic E-state index is -0.832. The molecule has 8 nitrogen and oxygen atoms in total. The third kappa shape index (κ3) is 3.16. The van der Waals surface area contributed by atoms with E-state index in [2.05, 4.69) is 10.3 Å². The van der Waals surface area contributed by atoms with Crippen molar-refractivity contribution in [3.8, 4) is 0 Å². The van der Waals surface area contributed by atoms with Gasteiger partial charge in [-0.05, 0) is 24.3 Å². The molecule has 5 rings (SSSR count). The van der Waals surface area contributed by atoms with Crippen LogP contribution in [0.5, 0.6) is 0 Å². The standard InChI is InChI=1S/C23H13N3O5/c27-22(17-12-13-11-14(26(29)30)9-10-20(13)31-23(17)28)25-21-15-5-1-3-7-18(15)24-19-8-4-2-6-16(19)21/h1-12H,(H,24,25,27). The fraction of sp³-hybridized carbons (Fsp3) is 0. The summed E-state index contributed by atoms with van der Waals surface area (Å²) >= 11 is 0. The number of benzene rings is 3. The number of hydrogen-bond donors (Lipinski definition) is 1. The molecule has 1 N–H and O–H groups in total. The molecule has 0 aliphatic rings. The van der Waals surface area contributed by atoms with E-state index in [9.17, 15) is 19.7 Å². The molecule has 5 aromatic rings. The van der Waals surface area contributed by atoms with Crippen LogP contribution in [0.15, 0.2) is 82.0 Å². The molecule has 0 fully saturated rings. The monoisotopic (exact) mass is 411 g/mol. The maximum Gasteiger partial charge on any atom is 0.349 e. The number of nitro benzene ring substituents is 1. The van der Waals surface area contributed by atoms with Gasteiger partial charge in [-0.2, -0.15) is 0 Å². The lowest BCUT2D eigenvalue weighted by atomic mass is 10.1. The Morgan fingerprint density at radius 3 is 2.23 bits per heavy atom. The number of carbonyl (C=O) groups is 1. The summed E-state index contributed by atoms with van der Waals surface area (Å²) in [6, 6.07) is 19.8. The minimum Gasteiger partial charge on any atom is -0.422 e. The van der Waals surface area contributed by atoms with Gasteiger partial charge in [0.2, 0.25) is 0 Å². The summed E-state index contributed by atoms with van der Waals surface area (Å²) in [7, 11) is 0. The zero-order valence-corrected chi connectivity index (χ0v) is 15.9. The quantitative estimate of drug-likeness (QED) is 0.200. The molecule has 0 aliphatic carbocycles. The SMILES string of the molecule is O=C(Nc1c2ccccc2nc2ccccc12)c1cc2cc([N+](=O)[O-])ccc2oc1=O. The number of aromatic nitrogens is 1. The van der Waals surface area contributed by atoms with Crippen LogP contribution < -0.4 is 10.9 Å². The van der Waals surface area contributed by atoms with Crippen LogP contribution in [-0.2, 0) is 0 Å². The summed E-state index contributed by atoms with van der Waals surface area (Å²) in [4.78, 5) is 40.6. The molecule has 1 amide bonds. The number of anilines is 1. The van der Waals surface area contributed by atoms with E-state index in [-0.39, 0.29) is 22.2 Å². The summed E-state index contributed by atoms with van der Waals surface area (Å²) in [6.45, 7) is 0. The predicted molar refractivity (Wildman–Crippen MR) is 116 cm³/mol. The van der Waals surface area contributed by atoms with Crippen molar-refractivity contribution in [3.63, 3.8) is 0 Å². The number of pyridine rings is 1. The second-order valence-electron chi connectivity index (χ2n) is 6.90. The van der Waals surface area contributed by atoms with E-state index in [1.165, 1.54) is 24.3 Å². The van der Waals surface area contributed by atoms with Crippen LogP contribution in [-0.4, -0.2) is 15.8 Å². The van der Waals surface area contributed by atoms with Gasteiger partial charge in [-0.3, -0.25) is 14.9 Å². The van der Waals surface area contributed by atoms with Crippen LogP contribution in [0.25, 0.3) is 32.8 Å². The molecule has 3 aromatic carbocycles. The van der Waals surface area contributed by atoms with Crippen molar-refractivity contribution in [2.24, 2.45) is 0 Å². The first-order valence-corrected chi connectivity index (χ1v) is 9.32. The van der Waals surface area contributed by atoms with Gasteiger partial charge in [-0.15, -0.1) is 0 Å². The Kier molecular flexibility index (Phi) is 4.18. The molecule has 0 saturated heterocycles. The number of hydrogen-bond acceptors (Lipinski definition) is 6. The number of para-hydroxylation sites is 2. The number of nitrogens with one attached hydrogen (secondary N) is 1. The fourth-order valence-electron chi connectivity index (χ4n) is 3.54. The Bertz CT molecular complexity index is 1540. The van der Waals surface area contributed by atoms with E-state index < -0.39 is 16.5 Å². The van der Waals surface area contributed by atoms with Gasteiger partial charge < -0.3 is 9.73 Å². The Labute approximate surface area is 173 Å². The number of fused-ring (bicyclic) bond motifs is 3. The van der Waals surface area contributed by atoms with Crippen LogP contribution in [0.3, 0.4) is 0 Å². The van der Waals surface area contributed by atoms with Gasteiger partial charge in [-0.1, -0.05) is 36.4 Å². The van der Waals surface area contributed by atoms with Crippen molar-refractivity contribution in [1.82, 2.24) is 4.98 Å². The van der Waals surface area contributed by atoms with Gasteiger partial charge >= 0.3 is 5.63 Å². The van der Waals surface area contributed by atoms with Crippen molar-refractivity contribution >= 4 is 50.1 Å². The summed E-state index contributed by atoms with van der Waals surface area (Å²) in [5.74, 6) is -0.677. The lowest BCUT2D eigenvalue weighted by Crippen LogP contribution is -2.21. The number of non-ortho nitro benzene ring substituents is 1. The predicted octanol–water partition coefficient (Wildman–Crippen LogP) is 4.65. The highest BCUT2D eigenvalue weighted by Crippen LogP contribution is 2.31. The van der Waals surface area contributed by atoms with Gasteiger partial charge in [0.25, 0.3) is 11.6 Å². The Morgan fingerprint density at radius 1 is 0.935 bits per heavy atom. The summed E-state index contributed by atoms with van der Waals surface area (Å²) in [5, 5.41) is 15.6. The van der Waals surface area contributed by atoms with Crippen molar-refractivity contribution in [2.75, 3.05) is 5.32 Å².